The van der Waals surface area contributed by atoms with Crippen LogP contribution < -0.4 is 4.90 Å². The van der Waals surface area contributed by atoms with Crippen molar-refractivity contribution >= 4 is 34.1 Å². The predicted molar refractivity (Wildman–Crippen MR) is 126 cm³/mol. The minimum atomic E-state index is -0.334. The molecule has 164 valence electrons. The monoisotopic (exact) mass is 467 g/mol. The molecule has 0 bridgehead atoms. The van der Waals surface area contributed by atoms with Gasteiger partial charge in [0.05, 0.1) is 17.8 Å². The summed E-state index contributed by atoms with van der Waals surface area (Å²) in [5, 5.41) is 12.0. The maximum Gasteiger partial charge on any atom is 0.225 e. The van der Waals surface area contributed by atoms with Crippen molar-refractivity contribution in [2.45, 2.75) is 31.3 Å². The molecule has 0 aliphatic carbocycles. The summed E-state index contributed by atoms with van der Waals surface area (Å²) >= 11 is 2.93. The van der Waals surface area contributed by atoms with E-state index in [1.54, 1.807) is 23.1 Å². The summed E-state index contributed by atoms with van der Waals surface area (Å²) in [5.74, 6) is 0.690. The lowest BCUT2D eigenvalue weighted by atomic mass is 10.2. The van der Waals surface area contributed by atoms with Gasteiger partial charge in [-0.1, -0.05) is 54.2 Å². The molecule has 0 saturated carbocycles. The van der Waals surface area contributed by atoms with Crippen LogP contribution in [0.4, 0.5) is 9.52 Å². The normalized spacial score (nSPS) is 11.0. The van der Waals surface area contributed by atoms with E-state index in [1.807, 2.05) is 47.2 Å². The Labute approximate surface area is 194 Å². The van der Waals surface area contributed by atoms with Crippen LogP contribution in [0.25, 0.3) is 11.4 Å². The first-order valence-corrected chi connectivity index (χ1v) is 12.0. The Kier molecular flexibility index (Phi) is 6.96. The van der Waals surface area contributed by atoms with Crippen molar-refractivity contribution in [2.75, 3.05) is 11.4 Å². The third kappa shape index (κ3) is 4.89. The van der Waals surface area contributed by atoms with E-state index in [1.165, 1.54) is 36.1 Å². The first-order chi connectivity index (χ1) is 15.6. The second-order valence-electron chi connectivity index (χ2n) is 7.03. The highest BCUT2D eigenvalue weighted by atomic mass is 32.2. The molecule has 0 atom stereocenters. The Morgan fingerprint density at radius 1 is 1.12 bits per heavy atom. The van der Waals surface area contributed by atoms with Gasteiger partial charge in [0.1, 0.15) is 5.82 Å². The van der Waals surface area contributed by atoms with Crippen LogP contribution in [0, 0.1) is 5.82 Å². The number of aromatic nitrogens is 4. The summed E-state index contributed by atoms with van der Waals surface area (Å²) in [6.07, 6.45) is 0. The van der Waals surface area contributed by atoms with E-state index in [0.29, 0.717) is 40.5 Å². The van der Waals surface area contributed by atoms with Crippen molar-refractivity contribution in [1.82, 2.24) is 19.7 Å². The van der Waals surface area contributed by atoms with Crippen LogP contribution in [0.2, 0.25) is 0 Å². The Morgan fingerprint density at radius 3 is 2.59 bits per heavy atom. The molecule has 9 heteroatoms. The average Bonchev–Trinajstić information content (AvgIpc) is 3.41. The number of anilines is 1. The summed E-state index contributed by atoms with van der Waals surface area (Å²) in [6, 6.07) is 16.5. The van der Waals surface area contributed by atoms with Gasteiger partial charge in [0, 0.05) is 24.6 Å². The van der Waals surface area contributed by atoms with Crippen molar-refractivity contribution < 1.29 is 9.18 Å². The fraction of sp³-hybridized carbons (Fsp3) is 0.217. The first kappa shape index (κ1) is 22.2. The molecule has 4 aromatic rings. The number of benzene rings is 2. The van der Waals surface area contributed by atoms with Crippen molar-refractivity contribution in [2.24, 2.45) is 0 Å². The zero-order valence-corrected chi connectivity index (χ0v) is 19.4. The third-order valence-electron chi connectivity index (χ3n) is 4.83. The molecule has 0 saturated heterocycles. The standard InChI is InChI=1S/C23H22FN5OS2/c1-3-28(16(2)30)22-25-18(14-31-22)15-32-23-27-26-21(19-11-7-8-12-20(19)24)29(23)13-17-9-5-4-6-10-17/h4-12,14H,3,13,15H2,1-2H3. The predicted octanol–water partition coefficient (Wildman–Crippen LogP) is 5.25. The van der Waals surface area contributed by atoms with E-state index in [9.17, 15) is 9.18 Å². The van der Waals surface area contributed by atoms with Crippen molar-refractivity contribution in [3.8, 4) is 11.4 Å². The van der Waals surface area contributed by atoms with Gasteiger partial charge in [-0.05, 0) is 24.6 Å². The molecule has 0 fully saturated rings. The highest BCUT2D eigenvalue weighted by Crippen LogP contribution is 2.30. The SMILES string of the molecule is CCN(C(C)=O)c1nc(CSc2nnc(-c3ccccc3F)n2Cc2ccccc2)cs1. The number of carbonyl (C=O) groups excluding carboxylic acids is 1. The van der Waals surface area contributed by atoms with E-state index in [2.05, 4.69) is 15.2 Å². The van der Waals surface area contributed by atoms with Gasteiger partial charge >= 0.3 is 0 Å². The molecule has 0 unspecified atom stereocenters. The van der Waals surface area contributed by atoms with Gasteiger partial charge in [-0.2, -0.15) is 0 Å². The number of hydrogen-bond donors (Lipinski definition) is 0. The van der Waals surface area contributed by atoms with Gasteiger partial charge in [-0.25, -0.2) is 9.37 Å². The number of thiazole rings is 1. The summed E-state index contributed by atoms with van der Waals surface area (Å²) in [6.45, 7) is 4.56. The number of hydrogen-bond acceptors (Lipinski definition) is 6. The molecule has 0 N–H and O–H groups in total. The summed E-state index contributed by atoms with van der Waals surface area (Å²) in [7, 11) is 0. The van der Waals surface area contributed by atoms with E-state index in [-0.39, 0.29) is 11.7 Å². The molecule has 2 aromatic carbocycles. The van der Waals surface area contributed by atoms with Crippen molar-refractivity contribution in [3.05, 3.63) is 77.1 Å². The largest absolute Gasteiger partial charge is 0.297 e. The van der Waals surface area contributed by atoms with Crippen molar-refractivity contribution in [3.63, 3.8) is 0 Å². The van der Waals surface area contributed by atoms with Gasteiger partial charge in [0.15, 0.2) is 16.1 Å². The van der Waals surface area contributed by atoms with E-state index >= 15 is 0 Å². The smallest absolute Gasteiger partial charge is 0.225 e. The van der Waals surface area contributed by atoms with Crippen LogP contribution in [0.3, 0.4) is 0 Å². The molecule has 2 aromatic heterocycles. The Morgan fingerprint density at radius 2 is 1.88 bits per heavy atom. The number of carbonyl (C=O) groups is 1. The lowest BCUT2D eigenvalue weighted by Crippen LogP contribution is -2.27. The minimum absolute atomic E-state index is 0.0295. The van der Waals surface area contributed by atoms with Crippen LogP contribution in [0.15, 0.2) is 65.1 Å². The van der Waals surface area contributed by atoms with Crippen molar-refractivity contribution in [1.29, 1.82) is 0 Å². The van der Waals surface area contributed by atoms with Gasteiger partial charge in [-0.3, -0.25) is 14.3 Å². The van der Waals surface area contributed by atoms with Gasteiger partial charge in [-0.15, -0.1) is 21.5 Å². The third-order valence-corrected chi connectivity index (χ3v) is 6.74. The number of rotatable bonds is 8. The minimum Gasteiger partial charge on any atom is -0.297 e. The average molecular weight is 468 g/mol. The highest BCUT2D eigenvalue weighted by Gasteiger charge is 2.19. The Balaban J connectivity index is 1.61. The number of halogens is 1. The van der Waals surface area contributed by atoms with Crippen LogP contribution >= 0.6 is 23.1 Å². The lowest BCUT2D eigenvalue weighted by Gasteiger charge is -2.14. The van der Waals surface area contributed by atoms with Crippen LogP contribution in [0.1, 0.15) is 25.1 Å². The Hall–Kier alpha value is -3.04. The zero-order valence-electron chi connectivity index (χ0n) is 17.7. The molecule has 4 rings (SSSR count). The molecule has 2 heterocycles. The van der Waals surface area contributed by atoms with Gasteiger partial charge in [0.2, 0.25) is 5.91 Å². The quantitative estimate of drug-likeness (QED) is 0.331. The second kappa shape index (κ2) is 10.1. The molecular weight excluding hydrogens is 445 g/mol. The molecular formula is C23H22FN5OS2. The summed E-state index contributed by atoms with van der Waals surface area (Å²) in [5.41, 5.74) is 2.35. The molecule has 0 aliphatic heterocycles. The zero-order chi connectivity index (χ0) is 22.5. The Bertz CT molecular complexity index is 1210. The van der Waals surface area contributed by atoms with E-state index in [4.69, 9.17) is 0 Å². The molecule has 1 amide bonds. The second-order valence-corrected chi connectivity index (χ2v) is 8.81. The summed E-state index contributed by atoms with van der Waals surface area (Å²) < 4.78 is 16.4. The van der Waals surface area contributed by atoms with Crippen LogP contribution in [-0.4, -0.2) is 32.2 Å². The van der Waals surface area contributed by atoms with Gasteiger partial charge < -0.3 is 0 Å². The van der Waals surface area contributed by atoms with Crippen LogP contribution in [-0.2, 0) is 17.1 Å². The van der Waals surface area contributed by atoms with Crippen LogP contribution in [0.5, 0.6) is 0 Å². The molecule has 32 heavy (non-hydrogen) atoms. The molecule has 0 radical (unpaired) electrons. The molecule has 6 nitrogen and oxygen atoms in total. The molecule has 0 spiro atoms. The topological polar surface area (TPSA) is 63.9 Å². The van der Waals surface area contributed by atoms with E-state index in [0.717, 1.165) is 11.3 Å². The van der Waals surface area contributed by atoms with E-state index < -0.39 is 0 Å². The summed E-state index contributed by atoms with van der Waals surface area (Å²) in [4.78, 5) is 18.0. The fourth-order valence-corrected chi connectivity index (χ4v) is 5.13. The fourth-order valence-electron chi connectivity index (χ4n) is 3.26. The highest BCUT2D eigenvalue weighted by molar-refractivity contribution is 7.98. The molecule has 0 aliphatic rings. The maximum atomic E-state index is 14.5. The maximum absolute atomic E-state index is 14.5. The number of thioether (sulfide) groups is 1. The number of nitrogens with zero attached hydrogens (tertiary/aromatic N) is 5. The van der Waals surface area contributed by atoms with Gasteiger partial charge in [0.25, 0.3) is 0 Å². The first-order valence-electron chi connectivity index (χ1n) is 10.1. The number of amides is 1. The lowest BCUT2D eigenvalue weighted by molar-refractivity contribution is -0.116.